The van der Waals surface area contributed by atoms with E-state index in [2.05, 4.69) is 35.8 Å². The van der Waals surface area contributed by atoms with Crippen molar-refractivity contribution in [2.75, 3.05) is 11.4 Å². The van der Waals surface area contributed by atoms with Gasteiger partial charge < -0.3 is 4.90 Å². The van der Waals surface area contributed by atoms with Gasteiger partial charge in [0.15, 0.2) is 0 Å². The monoisotopic (exact) mass is 313 g/mol. The van der Waals surface area contributed by atoms with Gasteiger partial charge in [-0.05, 0) is 31.0 Å². The summed E-state index contributed by atoms with van der Waals surface area (Å²) in [6.07, 6.45) is 0. The summed E-state index contributed by atoms with van der Waals surface area (Å²) < 4.78 is 1.02. The van der Waals surface area contributed by atoms with Gasteiger partial charge in [0.2, 0.25) is 5.91 Å². The van der Waals surface area contributed by atoms with Crippen LogP contribution in [0.4, 0.5) is 5.69 Å². The lowest BCUT2D eigenvalue weighted by molar-refractivity contribution is -0.118. The van der Waals surface area contributed by atoms with Gasteiger partial charge in [-0.1, -0.05) is 29.8 Å². The lowest BCUT2D eigenvalue weighted by Gasteiger charge is -2.33. The van der Waals surface area contributed by atoms with E-state index >= 15 is 0 Å². The van der Waals surface area contributed by atoms with Crippen LogP contribution in [0.3, 0.4) is 0 Å². The number of halogens is 1. The van der Waals surface area contributed by atoms with Crippen LogP contribution >= 0.6 is 27.7 Å². The highest BCUT2D eigenvalue weighted by Crippen LogP contribution is 2.40. The minimum Gasteiger partial charge on any atom is -0.310 e. The summed E-state index contributed by atoms with van der Waals surface area (Å²) >= 11 is 5.12. The second-order valence-electron chi connectivity index (χ2n) is 4.71. The number of anilines is 1. The fourth-order valence-corrected chi connectivity index (χ4v) is 3.33. The molecule has 1 aliphatic heterocycles. The Labute approximate surface area is 115 Å². The quantitative estimate of drug-likeness (QED) is 0.824. The van der Waals surface area contributed by atoms with Crippen molar-refractivity contribution < 1.29 is 4.79 Å². The van der Waals surface area contributed by atoms with Crippen LogP contribution in [0.2, 0.25) is 0 Å². The second-order valence-corrected chi connectivity index (χ2v) is 7.01. The number of fused-ring (bicyclic) bond motifs is 1. The van der Waals surface area contributed by atoms with Crippen molar-refractivity contribution in [3.8, 4) is 0 Å². The number of benzene rings is 1. The molecule has 1 unspecified atom stereocenters. The van der Waals surface area contributed by atoms with Crippen LogP contribution in [0.15, 0.2) is 27.6 Å². The Hall–Kier alpha value is -0.480. The average Bonchev–Trinajstić information content (AvgIpc) is 2.25. The Morgan fingerprint density at radius 2 is 2.18 bits per heavy atom. The summed E-state index contributed by atoms with van der Waals surface area (Å²) in [6, 6.07) is 6.15. The van der Waals surface area contributed by atoms with Crippen LogP contribution in [-0.4, -0.2) is 17.7 Å². The van der Waals surface area contributed by atoms with Crippen LogP contribution < -0.4 is 4.90 Å². The number of hydrogen-bond donors (Lipinski definition) is 0. The first kappa shape index (κ1) is 13.0. The number of hydrogen-bond acceptors (Lipinski definition) is 2. The molecule has 0 bridgehead atoms. The van der Waals surface area contributed by atoms with Gasteiger partial charge in [0.05, 0.1) is 10.9 Å². The van der Waals surface area contributed by atoms with Gasteiger partial charge >= 0.3 is 0 Å². The Balaban J connectivity index is 2.43. The first-order valence-electron chi connectivity index (χ1n) is 5.76. The molecule has 92 valence electrons. The largest absolute Gasteiger partial charge is 0.310 e. The SMILES string of the molecule is CC(C)CN1C(=O)C(C)Sc2ccc(Br)cc21. The molecule has 2 nitrogen and oxygen atoms in total. The van der Waals surface area contributed by atoms with Gasteiger partial charge in [-0.25, -0.2) is 0 Å². The summed E-state index contributed by atoms with van der Waals surface area (Å²) in [7, 11) is 0. The molecule has 0 saturated heterocycles. The molecule has 1 aromatic rings. The molecule has 1 aromatic carbocycles. The molecule has 4 heteroatoms. The number of carbonyl (C=O) groups is 1. The maximum Gasteiger partial charge on any atom is 0.240 e. The molecule has 0 radical (unpaired) electrons. The number of thioether (sulfide) groups is 1. The molecule has 0 spiro atoms. The lowest BCUT2D eigenvalue weighted by atomic mass is 10.1. The fourth-order valence-electron chi connectivity index (χ4n) is 1.93. The lowest BCUT2D eigenvalue weighted by Crippen LogP contribution is -2.41. The second kappa shape index (κ2) is 5.02. The minimum absolute atomic E-state index is 0.0161. The van der Waals surface area contributed by atoms with E-state index in [1.54, 1.807) is 11.8 Å². The van der Waals surface area contributed by atoms with Crippen molar-refractivity contribution in [1.82, 2.24) is 0 Å². The molecule has 0 N–H and O–H groups in total. The van der Waals surface area contributed by atoms with Gasteiger partial charge in [0, 0.05) is 15.9 Å². The van der Waals surface area contributed by atoms with Gasteiger partial charge in [-0.3, -0.25) is 4.79 Å². The maximum absolute atomic E-state index is 12.2. The molecule has 1 amide bonds. The molecule has 0 aliphatic carbocycles. The average molecular weight is 314 g/mol. The third-order valence-electron chi connectivity index (χ3n) is 2.68. The van der Waals surface area contributed by atoms with Gasteiger partial charge in [0.25, 0.3) is 0 Å². The smallest absolute Gasteiger partial charge is 0.240 e. The highest BCUT2D eigenvalue weighted by molar-refractivity contribution is 9.10. The summed E-state index contributed by atoms with van der Waals surface area (Å²) in [5.74, 6) is 0.690. The summed E-state index contributed by atoms with van der Waals surface area (Å²) in [5.41, 5.74) is 1.04. The Morgan fingerprint density at radius 1 is 1.47 bits per heavy atom. The third kappa shape index (κ3) is 2.68. The van der Waals surface area contributed by atoms with Gasteiger partial charge in [0.1, 0.15) is 0 Å². The van der Waals surface area contributed by atoms with Crippen LogP contribution in [0.1, 0.15) is 20.8 Å². The van der Waals surface area contributed by atoms with Crippen molar-refractivity contribution in [1.29, 1.82) is 0 Å². The van der Waals surface area contributed by atoms with Gasteiger partial charge in [-0.2, -0.15) is 0 Å². The Bertz CT molecular complexity index is 447. The van der Waals surface area contributed by atoms with E-state index in [0.29, 0.717) is 5.92 Å². The zero-order chi connectivity index (χ0) is 12.6. The highest BCUT2D eigenvalue weighted by Gasteiger charge is 2.30. The number of rotatable bonds is 2. The zero-order valence-electron chi connectivity index (χ0n) is 10.2. The van der Waals surface area contributed by atoms with E-state index in [4.69, 9.17) is 0 Å². The van der Waals surface area contributed by atoms with Crippen LogP contribution in [0.5, 0.6) is 0 Å². The van der Waals surface area contributed by atoms with E-state index in [-0.39, 0.29) is 11.2 Å². The van der Waals surface area contributed by atoms with E-state index in [0.717, 1.165) is 16.7 Å². The molecule has 17 heavy (non-hydrogen) atoms. The minimum atomic E-state index is 0.0161. The van der Waals surface area contributed by atoms with E-state index in [1.165, 1.54) is 4.90 Å². The van der Waals surface area contributed by atoms with Crippen molar-refractivity contribution in [3.05, 3.63) is 22.7 Å². The number of amides is 1. The van der Waals surface area contributed by atoms with Crippen molar-refractivity contribution in [3.63, 3.8) is 0 Å². The van der Waals surface area contributed by atoms with E-state index in [1.807, 2.05) is 24.0 Å². The first-order valence-corrected chi connectivity index (χ1v) is 7.44. The van der Waals surface area contributed by atoms with Crippen molar-refractivity contribution in [2.45, 2.75) is 30.9 Å². The topological polar surface area (TPSA) is 20.3 Å². The molecule has 0 fully saturated rings. The van der Waals surface area contributed by atoms with Crippen LogP contribution in [0.25, 0.3) is 0 Å². The van der Waals surface area contributed by atoms with E-state index in [9.17, 15) is 4.79 Å². The zero-order valence-corrected chi connectivity index (χ0v) is 12.6. The van der Waals surface area contributed by atoms with Crippen LogP contribution in [-0.2, 0) is 4.79 Å². The third-order valence-corrected chi connectivity index (χ3v) is 4.32. The highest BCUT2D eigenvalue weighted by atomic mass is 79.9. The van der Waals surface area contributed by atoms with E-state index < -0.39 is 0 Å². The molecule has 1 atom stereocenters. The number of carbonyl (C=O) groups excluding carboxylic acids is 1. The summed E-state index contributed by atoms with van der Waals surface area (Å²) in [6.45, 7) is 7.03. The Morgan fingerprint density at radius 3 is 2.82 bits per heavy atom. The molecule has 1 heterocycles. The van der Waals surface area contributed by atoms with Crippen LogP contribution in [0, 0.1) is 5.92 Å². The molecular weight excluding hydrogens is 298 g/mol. The summed E-state index contributed by atoms with van der Waals surface area (Å²) in [5, 5.41) is 0.0161. The molecule has 1 aliphatic rings. The van der Waals surface area contributed by atoms with Gasteiger partial charge in [-0.15, -0.1) is 11.8 Å². The summed E-state index contributed by atoms with van der Waals surface area (Å²) in [4.78, 5) is 15.3. The maximum atomic E-state index is 12.2. The standard InChI is InChI=1S/C13H16BrNOS/c1-8(2)7-15-11-6-10(14)4-5-12(11)17-9(3)13(15)16/h4-6,8-9H,7H2,1-3H3. The predicted octanol–water partition coefficient (Wildman–Crippen LogP) is 3.93. The Kier molecular flexibility index (Phi) is 3.83. The van der Waals surface area contributed by atoms with Crippen molar-refractivity contribution >= 4 is 39.3 Å². The normalized spacial score (nSPS) is 19.7. The van der Waals surface area contributed by atoms with Crippen molar-refractivity contribution in [2.24, 2.45) is 5.92 Å². The molecule has 2 rings (SSSR count). The first-order chi connectivity index (χ1) is 7.99. The fraction of sp³-hybridized carbons (Fsp3) is 0.462. The molecule has 0 saturated carbocycles. The molecular formula is C13H16BrNOS. The predicted molar refractivity (Wildman–Crippen MR) is 76.7 cm³/mol. The number of nitrogens with zero attached hydrogens (tertiary/aromatic N) is 1. The molecule has 0 aromatic heterocycles.